The standard InChI is InChI=1S/C17H28N4O4S/c1-3-5-12-26(23,24)20-16-7-6-15(13-18-16)19-14-8-10-21(11-9-14)17(22)25-4-2/h6-7,13-14,19H,3-5,8-12H2,1-2H3,(H,18,20). The van der Waals surface area contributed by atoms with E-state index in [0.717, 1.165) is 24.9 Å². The Bertz CT molecular complexity index is 671. The van der Waals surface area contributed by atoms with Crippen molar-refractivity contribution in [3.05, 3.63) is 18.3 Å². The van der Waals surface area contributed by atoms with Gasteiger partial charge in [0.15, 0.2) is 0 Å². The maximum Gasteiger partial charge on any atom is 0.409 e. The highest BCUT2D eigenvalue weighted by atomic mass is 32.2. The fourth-order valence-corrected chi connectivity index (χ4v) is 3.95. The highest BCUT2D eigenvalue weighted by Gasteiger charge is 2.23. The highest BCUT2D eigenvalue weighted by Crippen LogP contribution is 2.18. The van der Waals surface area contributed by atoms with Crippen molar-refractivity contribution in [3.63, 3.8) is 0 Å². The number of nitrogens with one attached hydrogen (secondary N) is 2. The third-order valence-electron chi connectivity index (χ3n) is 4.18. The summed E-state index contributed by atoms with van der Waals surface area (Å²) in [7, 11) is -3.34. The number of pyridine rings is 1. The molecular weight excluding hydrogens is 356 g/mol. The van der Waals surface area contributed by atoms with Gasteiger partial charge in [-0.15, -0.1) is 0 Å². The van der Waals surface area contributed by atoms with Crippen LogP contribution in [0.5, 0.6) is 0 Å². The van der Waals surface area contributed by atoms with Gasteiger partial charge in [-0.25, -0.2) is 18.2 Å². The van der Waals surface area contributed by atoms with E-state index in [1.165, 1.54) is 0 Å². The third kappa shape index (κ3) is 6.36. The number of hydrogen-bond donors (Lipinski definition) is 2. The fourth-order valence-electron chi connectivity index (χ4n) is 2.74. The van der Waals surface area contributed by atoms with Gasteiger partial charge in [-0.3, -0.25) is 4.72 Å². The van der Waals surface area contributed by atoms with Crippen LogP contribution in [0.25, 0.3) is 0 Å². The van der Waals surface area contributed by atoms with Gasteiger partial charge in [0.25, 0.3) is 0 Å². The van der Waals surface area contributed by atoms with Crippen molar-refractivity contribution in [2.24, 2.45) is 0 Å². The normalized spacial score (nSPS) is 15.5. The zero-order valence-corrected chi connectivity index (χ0v) is 16.2. The lowest BCUT2D eigenvalue weighted by atomic mass is 10.1. The van der Waals surface area contributed by atoms with Crippen LogP contribution in [0, 0.1) is 0 Å². The Labute approximate surface area is 155 Å². The van der Waals surface area contributed by atoms with E-state index in [1.807, 2.05) is 13.0 Å². The Kier molecular flexibility index (Phi) is 7.50. The molecule has 1 aromatic heterocycles. The molecule has 0 aromatic carbocycles. The molecule has 2 N–H and O–H groups in total. The number of piperidine rings is 1. The number of carbonyl (C=O) groups is 1. The SMILES string of the molecule is CCCCS(=O)(=O)Nc1ccc(NC2CCN(C(=O)OCC)CC2)cn1. The number of nitrogens with zero attached hydrogens (tertiary/aromatic N) is 2. The number of aromatic nitrogens is 1. The Balaban J connectivity index is 1.82. The number of carbonyl (C=O) groups excluding carboxylic acids is 1. The van der Waals surface area contributed by atoms with Crippen LogP contribution in [0.2, 0.25) is 0 Å². The summed E-state index contributed by atoms with van der Waals surface area (Å²) in [5.74, 6) is 0.424. The van der Waals surface area contributed by atoms with Gasteiger partial charge in [-0.2, -0.15) is 0 Å². The van der Waals surface area contributed by atoms with Gasteiger partial charge in [0.05, 0.1) is 24.2 Å². The minimum Gasteiger partial charge on any atom is -0.450 e. The van der Waals surface area contributed by atoms with E-state index in [9.17, 15) is 13.2 Å². The van der Waals surface area contributed by atoms with Crippen molar-refractivity contribution >= 4 is 27.6 Å². The predicted molar refractivity (Wildman–Crippen MR) is 102 cm³/mol. The van der Waals surface area contributed by atoms with Crippen LogP contribution in [0.4, 0.5) is 16.3 Å². The molecule has 1 fully saturated rings. The van der Waals surface area contributed by atoms with E-state index in [2.05, 4.69) is 15.0 Å². The van der Waals surface area contributed by atoms with Gasteiger partial charge in [-0.1, -0.05) is 13.3 Å². The van der Waals surface area contributed by atoms with Crippen LogP contribution in [0.3, 0.4) is 0 Å². The molecule has 1 aliphatic heterocycles. The number of ether oxygens (including phenoxy) is 1. The molecule has 1 aromatic rings. The lowest BCUT2D eigenvalue weighted by Gasteiger charge is -2.32. The maximum absolute atomic E-state index is 11.9. The van der Waals surface area contributed by atoms with Crippen LogP contribution in [0.15, 0.2) is 18.3 Å². The van der Waals surface area contributed by atoms with Gasteiger partial charge in [0.2, 0.25) is 10.0 Å². The molecule has 0 spiro atoms. The summed E-state index contributed by atoms with van der Waals surface area (Å²) in [6.45, 7) is 5.44. The number of unbranched alkanes of at least 4 members (excludes halogenated alkanes) is 1. The molecular formula is C17H28N4O4S. The number of anilines is 2. The van der Waals surface area contributed by atoms with Gasteiger partial charge in [0, 0.05) is 19.1 Å². The molecule has 0 bridgehead atoms. The second-order valence-electron chi connectivity index (χ2n) is 6.31. The Morgan fingerprint density at radius 2 is 2.04 bits per heavy atom. The summed E-state index contributed by atoms with van der Waals surface area (Å²) in [4.78, 5) is 17.6. The molecule has 26 heavy (non-hydrogen) atoms. The zero-order chi connectivity index (χ0) is 19.0. The highest BCUT2D eigenvalue weighted by molar-refractivity contribution is 7.92. The van der Waals surface area contributed by atoms with E-state index >= 15 is 0 Å². The fraction of sp³-hybridized carbons (Fsp3) is 0.647. The monoisotopic (exact) mass is 384 g/mol. The first-order valence-corrected chi connectivity index (χ1v) is 10.7. The van der Waals surface area contributed by atoms with Crippen molar-refractivity contribution in [2.75, 3.05) is 35.5 Å². The van der Waals surface area contributed by atoms with Crippen LogP contribution in [0.1, 0.15) is 39.5 Å². The molecule has 1 saturated heterocycles. The van der Waals surface area contributed by atoms with Crippen molar-refractivity contribution < 1.29 is 17.9 Å². The lowest BCUT2D eigenvalue weighted by Crippen LogP contribution is -2.42. The number of rotatable bonds is 8. The first-order chi connectivity index (χ1) is 12.4. The van der Waals surface area contributed by atoms with Gasteiger partial charge >= 0.3 is 6.09 Å². The van der Waals surface area contributed by atoms with Gasteiger partial charge in [0.1, 0.15) is 5.82 Å². The summed E-state index contributed by atoms with van der Waals surface area (Å²) < 4.78 is 31.3. The molecule has 0 saturated carbocycles. The minimum absolute atomic E-state index is 0.101. The molecule has 9 heteroatoms. The third-order valence-corrected chi connectivity index (χ3v) is 5.53. The van der Waals surface area contributed by atoms with Crippen molar-refractivity contribution in [3.8, 4) is 0 Å². The lowest BCUT2D eigenvalue weighted by molar-refractivity contribution is 0.0983. The average molecular weight is 385 g/mol. The molecule has 1 amide bonds. The summed E-state index contributed by atoms with van der Waals surface area (Å²) in [6, 6.07) is 3.71. The van der Waals surface area contributed by atoms with Gasteiger partial charge < -0.3 is 15.0 Å². The zero-order valence-electron chi connectivity index (χ0n) is 15.4. The number of hydrogen-bond acceptors (Lipinski definition) is 6. The van der Waals surface area contributed by atoms with E-state index in [0.29, 0.717) is 31.9 Å². The van der Waals surface area contributed by atoms with Crippen LogP contribution in [-0.2, 0) is 14.8 Å². The smallest absolute Gasteiger partial charge is 0.409 e. The Hall–Kier alpha value is -2.03. The summed E-state index contributed by atoms with van der Waals surface area (Å²) in [5.41, 5.74) is 0.830. The van der Waals surface area contributed by atoms with E-state index in [1.54, 1.807) is 24.1 Å². The first-order valence-electron chi connectivity index (χ1n) is 9.08. The van der Waals surface area contributed by atoms with E-state index in [4.69, 9.17) is 4.74 Å². The van der Waals surface area contributed by atoms with Gasteiger partial charge in [-0.05, 0) is 38.3 Å². The molecule has 0 radical (unpaired) electrons. The summed E-state index contributed by atoms with van der Waals surface area (Å²) >= 11 is 0. The summed E-state index contributed by atoms with van der Waals surface area (Å²) in [6.07, 6.45) is 4.46. The molecule has 2 heterocycles. The van der Waals surface area contributed by atoms with Crippen LogP contribution in [-0.4, -0.2) is 55.9 Å². The second-order valence-corrected chi connectivity index (χ2v) is 8.15. The van der Waals surface area contributed by atoms with Crippen LogP contribution >= 0.6 is 0 Å². The Morgan fingerprint density at radius 1 is 1.31 bits per heavy atom. The van der Waals surface area contributed by atoms with E-state index < -0.39 is 10.0 Å². The second kappa shape index (κ2) is 9.61. The molecule has 0 aliphatic carbocycles. The maximum atomic E-state index is 11.9. The number of amides is 1. The van der Waals surface area contributed by atoms with Crippen LogP contribution < -0.4 is 10.0 Å². The topological polar surface area (TPSA) is 101 Å². The minimum atomic E-state index is -3.34. The molecule has 8 nitrogen and oxygen atoms in total. The molecule has 0 unspecified atom stereocenters. The quantitative estimate of drug-likeness (QED) is 0.715. The van der Waals surface area contributed by atoms with Crippen molar-refractivity contribution in [2.45, 2.75) is 45.6 Å². The largest absolute Gasteiger partial charge is 0.450 e. The molecule has 2 rings (SSSR count). The molecule has 0 atom stereocenters. The molecule has 1 aliphatic rings. The summed E-state index contributed by atoms with van der Waals surface area (Å²) in [5, 5.41) is 3.38. The molecule has 146 valence electrons. The number of likely N-dealkylation sites (tertiary alicyclic amines) is 1. The first kappa shape index (κ1) is 20.3. The van der Waals surface area contributed by atoms with E-state index in [-0.39, 0.29) is 17.9 Å². The Morgan fingerprint density at radius 3 is 2.62 bits per heavy atom. The average Bonchev–Trinajstić information content (AvgIpc) is 2.62. The van der Waals surface area contributed by atoms with Crippen molar-refractivity contribution in [1.82, 2.24) is 9.88 Å². The number of sulfonamides is 1. The van der Waals surface area contributed by atoms with Crippen molar-refractivity contribution in [1.29, 1.82) is 0 Å². The predicted octanol–water partition coefficient (Wildman–Crippen LogP) is 2.66.